The van der Waals surface area contributed by atoms with E-state index in [9.17, 15) is 4.79 Å². The van der Waals surface area contributed by atoms with Crippen LogP contribution in [-0.4, -0.2) is 48.3 Å². The molecule has 0 radical (unpaired) electrons. The van der Waals surface area contributed by atoms with E-state index in [0.29, 0.717) is 19.4 Å². The molecule has 0 bridgehead atoms. The zero-order valence-electron chi connectivity index (χ0n) is 9.61. The molecule has 88 valence electrons. The van der Waals surface area contributed by atoms with Crippen molar-refractivity contribution in [3.63, 3.8) is 0 Å². The van der Waals surface area contributed by atoms with Crippen molar-refractivity contribution in [1.82, 2.24) is 4.90 Å². The maximum Gasteiger partial charge on any atom is 0.224 e. The molecule has 0 aliphatic carbocycles. The fourth-order valence-corrected chi connectivity index (χ4v) is 1.66. The molecule has 1 heterocycles. The highest BCUT2D eigenvalue weighted by atomic mass is 16.5. The van der Waals surface area contributed by atoms with Gasteiger partial charge in [-0.05, 0) is 26.2 Å². The second-order valence-electron chi connectivity index (χ2n) is 4.29. The average molecular weight is 215 g/mol. The molecule has 1 fully saturated rings. The van der Waals surface area contributed by atoms with Gasteiger partial charge in [-0.25, -0.2) is 0 Å². The summed E-state index contributed by atoms with van der Waals surface area (Å²) in [6.07, 6.45) is 2.95. The van der Waals surface area contributed by atoms with Gasteiger partial charge in [0, 0.05) is 20.2 Å². The topological polar surface area (TPSA) is 49.8 Å². The highest BCUT2D eigenvalue weighted by Gasteiger charge is 2.20. The quantitative estimate of drug-likeness (QED) is 0.737. The number of aliphatic hydroxyl groups is 1. The predicted molar refractivity (Wildman–Crippen MR) is 57.5 cm³/mol. The summed E-state index contributed by atoms with van der Waals surface area (Å²) in [5.41, 5.74) is 0. The van der Waals surface area contributed by atoms with Crippen molar-refractivity contribution in [2.45, 2.75) is 44.8 Å². The van der Waals surface area contributed by atoms with E-state index in [2.05, 4.69) is 0 Å². The molecule has 2 unspecified atom stereocenters. The van der Waals surface area contributed by atoms with Crippen molar-refractivity contribution < 1.29 is 14.6 Å². The first-order valence-corrected chi connectivity index (χ1v) is 5.63. The van der Waals surface area contributed by atoms with Gasteiger partial charge < -0.3 is 14.7 Å². The number of ether oxygens (including phenoxy) is 1. The fraction of sp³-hybridized carbons (Fsp3) is 0.909. The van der Waals surface area contributed by atoms with Crippen molar-refractivity contribution in [1.29, 1.82) is 0 Å². The summed E-state index contributed by atoms with van der Waals surface area (Å²) >= 11 is 0. The van der Waals surface area contributed by atoms with Crippen molar-refractivity contribution >= 4 is 5.91 Å². The van der Waals surface area contributed by atoms with E-state index in [1.807, 2.05) is 0 Å². The number of carbonyl (C=O) groups is 1. The number of rotatable bonds is 5. The lowest BCUT2D eigenvalue weighted by atomic mass is 10.1. The molecular weight excluding hydrogens is 194 g/mol. The molecule has 0 aromatic heterocycles. The Kier molecular flexibility index (Phi) is 5.05. The van der Waals surface area contributed by atoms with Gasteiger partial charge in [0.2, 0.25) is 5.91 Å². The van der Waals surface area contributed by atoms with Gasteiger partial charge in [-0.2, -0.15) is 0 Å². The van der Waals surface area contributed by atoms with E-state index < -0.39 is 0 Å². The minimum absolute atomic E-state index is 0.113. The van der Waals surface area contributed by atoms with Crippen molar-refractivity contribution in [3.05, 3.63) is 0 Å². The van der Waals surface area contributed by atoms with Crippen LogP contribution in [0.25, 0.3) is 0 Å². The Balaban J connectivity index is 2.20. The van der Waals surface area contributed by atoms with Crippen LogP contribution in [0.4, 0.5) is 0 Å². The van der Waals surface area contributed by atoms with Gasteiger partial charge in [-0.3, -0.25) is 4.79 Å². The first kappa shape index (κ1) is 12.5. The first-order chi connectivity index (χ1) is 7.09. The van der Waals surface area contributed by atoms with Crippen LogP contribution in [0, 0.1) is 0 Å². The van der Waals surface area contributed by atoms with Crippen LogP contribution in [0.5, 0.6) is 0 Å². The van der Waals surface area contributed by atoms with E-state index >= 15 is 0 Å². The van der Waals surface area contributed by atoms with Crippen LogP contribution in [0.1, 0.15) is 32.6 Å². The molecule has 2 atom stereocenters. The number of nitrogens with zero attached hydrogens (tertiary/aromatic N) is 1. The zero-order chi connectivity index (χ0) is 11.3. The van der Waals surface area contributed by atoms with Crippen LogP contribution in [0.2, 0.25) is 0 Å². The monoisotopic (exact) mass is 215 g/mol. The molecule has 1 aliphatic rings. The van der Waals surface area contributed by atoms with Crippen molar-refractivity contribution in [3.8, 4) is 0 Å². The minimum Gasteiger partial charge on any atom is -0.393 e. The van der Waals surface area contributed by atoms with Gasteiger partial charge in [0.25, 0.3) is 0 Å². The summed E-state index contributed by atoms with van der Waals surface area (Å²) in [7, 11) is 1.78. The van der Waals surface area contributed by atoms with Crippen LogP contribution in [-0.2, 0) is 9.53 Å². The largest absolute Gasteiger partial charge is 0.393 e. The van der Waals surface area contributed by atoms with Crippen LogP contribution < -0.4 is 0 Å². The number of hydrogen-bond donors (Lipinski definition) is 1. The van der Waals surface area contributed by atoms with Gasteiger partial charge in [0.1, 0.15) is 0 Å². The second kappa shape index (κ2) is 6.08. The number of hydrogen-bond acceptors (Lipinski definition) is 3. The Hall–Kier alpha value is -0.610. The molecule has 15 heavy (non-hydrogen) atoms. The zero-order valence-corrected chi connectivity index (χ0v) is 9.61. The molecular formula is C11H21NO3. The Bertz CT molecular complexity index is 200. The van der Waals surface area contributed by atoms with E-state index in [-0.39, 0.29) is 18.1 Å². The molecule has 0 saturated carbocycles. The fourth-order valence-electron chi connectivity index (χ4n) is 1.66. The lowest BCUT2D eigenvalue weighted by molar-refractivity contribution is -0.132. The van der Waals surface area contributed by atoms with Gasteiger partial charge >= 0.3 is 0 Å². The highest BCUT2D eigenvalue weighted by Crippen LogP contribution is 2.16. The van der Waals surface area contributed by atoms with Crippen LogP contribution in [0.3, 0.4) is 0 Å². The third kappa shape index (κ3) is 4.62. The molecule has 1 aliphatic heterocycles. The van der Waals surface area contributed by atoms with Crippen molar-refractivity contribution in [2.24, 2.45) is 0 Å². The van der Waals surface area contributed by atoms with E-state index in [1.54, 1.807) is 18.9 Å². The standard InChI is InChI=1S/C11H21NO3/c1-9(13)5-6-12(2)11(14)8-10-4-3-7-15-10/h9-10,13H,3-8H2,1-2H3. The summed E-state index contributed by atoms with van der Waals surface area (Å²) in [5.74, 6) is 0.113. The molecule has 4 nitrogen and oxygen atoms in total. The Morgan fingerprint density at radius 2 is 2.40 bits per heavy atom. The summed E-state index contributed by atoms with van der Waals surface area (Å²) in [6, 6.07) is 0. The SMILES string of the molecule is CC(O)CCN(C)C(=O)CC1CCCO1. The smallest absolute Gasteiger partial charge is 0.224 e. The highest BCUT2D eigenvalue weighted by molar-refractivity contribution is 5.76. The number of amides is 1. The maximum atomic E-state index is 11.7. The molecule has 1 N–H and O–H groups in total. The van der Waals surface area contributed by atoms with Crippen LogP contribution >= 0.6 is 0 Å². The minimum atomic E-state index is -0.344. The van der Waals surface area contributed by atoms with Gasteiger partial charge in [0.05, 0.1) is 18.6 Å². The normalized spacial score (nSPS) is 22.7. The van der Waals surface area contributed by atoms with Gasteiger partial charge in [-0.15, -0.1) is 0 Å². The Morgan fingerprint density at radius 3 is 2.93 bits per heavy atom. The summed E-state index contributed by atoms with van der Waals surface area (Å²) in [6.45, 7) is 3.14. The molecule has 1 saturated heterocycles. The Morgan fingerprint density at radius 1 is 1.67 bits per heavy atom. The molecule has 0 spiro atoms. The first-order valence-electron chi connectivity index (χ1n) is 5.63. The van der Waals surface area contributed by atoms with E-state index in [4.69, 9.17) is 9.84 Å². The van der Waals surface area contributed by atoms with Gasteiger partial charge in [0.15, 0.2) is 0 Å². The number of carbonyl (C=O) groups excluding carboxylic acids is 1. The molecule has 0 aromatic carbocycles. The lowest BCUT2D eigenvalue weighted by Crippen LogP contribution is -2.31. The summed E-state index contributed by atoms with van der Waals surface area (Å²) < 4.78 is 5.40. The molecule has 1 amide bonds. The maximum absolute atomic E-state index is 11.7. The predicted octanol–water partition coefficient (Wildman–Crippen LogP) is 0.785. The Labute approximate surface area is 91.2 Å². The summed E-state index contributed by atoms with van der Waals surface area (Å²) in [5, 5.41) is 9.10. The molecule has 1 rings (SSSR count). The summed E-state index contributed by atoms with van der Waals surface area (Å²) in [4.78, 5) is 13.4. The van der Waals surface area contributed by atoms with Crippen molar-refractivity contribution in [2.75, 3.05) is 20.2 Å². The molecule has 0 aromatic rings. The lowest BCUT2D eigenvalue weighted by Gasteiger charge is -2.19. The van der Waals surface area contributed by atoms with Gasteiger partial charge in [-0.1, -0.05) is 0 Å². The van der Waals surface area contributed by atoms with E-state index in [1.165, 1.54) is 0 Å². The number of aliphatic hydroxyl groups excluding tert-OH is 1. The third-order valence-electron chi connectivity index (χ3n) is 2.73. The molecule has 4 heteroatoms. The third-order valence-corrected chi connectivity index (χ3v) is 2.73. The van der Waals surface area contributed by atoms with Crippen LogP contribution in [0.15, 0.2) is 0 Å². The van der Waals surface area contributed by atoms with E-state index in [0.717, 1.165) is 19.4 Å². The second-order valence-corrected chi connectivity index (χ2v) is 4.29. The average Bonchev–Trinajstić information content (AvgIpc) is 2.66.